The summed E-state index contributed by atoms with van der Waals surface area (Å²) in [4.78, 5) is 10.5. The Hall–Kier alpha value is -0.650. The van der Waals surface area contributed by atoms with E-state index in [1.165, 1.54) is 0 Å². The van der Waals surface area contributed by atoms with Crippen LogP contribution in [-0.2, 0) is 14.3 Å². The molecule has 0 aromatic heterocycles. The highest BCUT2D eigenvalue weighted by Gasteiger charge is 2.36. The van der Waals surface area contributed by atoms with Crippen LogP contribution >= 0.6 is 0 Å². The zero-order valence-corrected chi connectivity index (χ0v) is 8.94. The van der Waals surface area contributed by atoms with Gasteiger partial charge < -0.3 is 19.7 Å². The fourth-order valence-corrected chi connectivity index (χ4v) is 1.64. The molecule has 0 saturated carbocycles. The Balaban J connectivity index is 2.42. The molecule has 0 bridgehead atoms. The predicted octanol–water partition coefficient (Wildman–Crippen LogP) is 0.755. The summed E-state index contributed by atoms with van der Waals surface area (Å²) in [7, 11) is 0. The molecule has 1 rings (SSSR count). The number of hydrogen-bond acceptors (Lipinski definition) is 4. The van der Waals surface area contributed by atoms with E-state index in [-0.39, 0.29) is 6.42 Å². The van der Waals surface area contributed by atoms with Gasteiger partial charge in [0.25, 0.3) is 0 Å². The summed E-state index contributed by atoms with van der Waals surface area (Å²) in [5, 5.41) is 17.8. The summed E-state index contributed by atoms with van der Waals surface area (Å²) in [5.74, 6) is -1.64. The van der Waals surface area contributed by atoms with Crippen molar-refractivity contribution in [2.24, 2.45) is 0 Å². The molecule has 1 fully saturated rings. The first kappa shape index (κ1) is 12.4. The van der Waals surface area contributed by atoms with Crippen molar-refractivity contribution in [2.45, 2.75) is 44.5 Å². The molecule has 0 aliphatic carbocycles. The van der Waals surface area contributed by atoms with E-state index in [4.69, 9.17) is 14.6 Å². The lowest BCUT2D eigenvalue weighted by Gasteiger charge is -2.27. The number of aliphatic hydroxyl groups excluding tert-OH is 1. The number of aliphatic hydroxyl groups is 1. The maximum Gasteiger partial charge on any atom is 0.303 e. The van der Waals surface area contributed by atoms with Gasteiger partial charge in [-0.25, -0.2) is 0 Å². The smallest absolute Gasteiger partial charge is 0.303 e. The van der Waals surface area contributed by atoms with Crippen molar-refractivity contribution in [2.75, 3.05) is 13.2 Å². The van der Waals surface area contributed by atoms with Crippen molar-refractivity contribution < 1.29 is 24.5 Å². The molecule has 1 atom stereocenters. The van der Waals surface area contributed by atoms with Crippen LogP contribution in [0, 0.1) is 0 Å². The lowest BCUT2D eigenvalue weighted by molar-refractivity contribution is -0.175. The van der Waals surface area contributed by atoms with Crippen LogP contribution in [0.15, 0.2) is 0 Å². The summed E-state index contributed by atoms with van der Waals surface area (Å²) in [6.07, 6.45) is 1.05. The van der Waals surface area contributed by atoms with E-state index < -0.39 is 17.9 Å². The monoisotopic (exact) mass is 218 g/mol. The van der Waals surface area contributed by atoms with Gasteiger partial charge in [-0.3, -0.25) is 4.79 Å². The van der Waals surface area contributed by atoms with Crippen molar-refractivity contribution in [1.29, 1.82) is 0 Å². The number of carboxylic acids is 1. The Bertz CT molecular complexity index is 208. The first-order chi connectivity index (χ1) is 7.04. The van der Waals surface area contributed by atoms with Gasteiger partial charge in [0.1, 0.15) is 0 Å². The van der Waals surface area contributed by atoms with Gasteiger partial charge in [-0.1, -0.05) is 0 Å². The maximum atomic E-state index is 10.5. The molecular formula is C10H18O5. The molecule has 15 heavy (non-hydrogen) atoms. The van der Waals surface area contributed by atoms with Gasteiger partial charge in [-0.05, 0) is 13.3 Å². The zero-order valence-electron chi connectivity index (χ0n) is 8.94. The Morgan fingerprint density at radius 1 is 1.40 bits per heavy atom. The summed E-state index contributed by atoms with van der Waals surface area (Å²) < 4.78 is 10.9. The minimum Gasteiger partial charge on any atom is -0.481 e. The minimum absolute atomic E-state index is 0.0276. The van der Waals surface area contributed by atoms with Crippen molar-refractivity contribution in [1.82, 2.24) is 0 Å². The Labute approximate surface area is 89.0 Å². The third-order valence-corrected chi connectivity index (χ3v) is 2.48. The van der Waals surface area contributed by atoms with Gasteiger partial charge in [0.2, 0.25) is 0 Å². The first-order valence-corrected chi connectivity index (χ1v) is 5.22. The molecule has 0 radical (unpaired) electrons. The van der Waals surface area contributed by atoms with Gasteiger partial charge in [-0.2, -0.15) is 0 Å². The van der Waals surface area contributed by atoms with Crippen LogP contribution in [-0.4, -0.2) is 41.3 Å². The Kier molecular flexibility index (Phi) is 4.50. The molecular weight excluding hydrogens is 200 g/mol. The molecule has 1 aliphatic rings. The fourth-order valence-electron chi connectivity index (χ4n) is 1.64. The second kappa shape index (κ2) is 5.44. The van der Waals surface area contributed by atoms with Gasteiger partial charge in [0, 0.05) is 12.8 Å². The SMILES string of the molecule is CC(O)CCC1(CCC(=O)O)OCCO1. The van der Waals surface area contributed by atoms with E-state index in [9.17, 15) is 9.90 Å². The van der Waals surface area contributed by atoms with Crippen LogP contribution in [0.2, 0.25) is 0 Å². The van der Waals surface area contributed by atoms with E-state index in [1.54, 1.807) is 6.92 Å². The van der Waals surface area contributed by atoms with Gasteiger partial charge in [0.15, 0.2) is 5.79 Å². The molecule has 2 N–H and O–H groups in total. The van der Waals surface area contributed by atoms with E-state index in [0.29, 0.717) is 32.5 Å². The van der Waals surface area contributed by atoms with Crippen molar-refractivity contribution >= 4 is 5.97 Å². The molecule has 0 aromatic rings. The summed E-state index contributed by atoms with van der Waals surface area (Å²) in [6, 6.07) is 0. The van der Waals surface area contributed by atoms with Crippen molar-refractivity contribution in [3.8, 4) is 0 Å². The number of aliphatic carboxylic acids is 1. The maximum absolute atomic E-state index is 10.5. The van der Waals surface area contributed by atoms with Crippen LogP contribution in [0.25, 0.3) is 0 Å². The first-order valence-electron chi connectivity index (χ1n) is 5.22. The lowest BCUT2D eigenvalue weighted by atomic mass is 10.0. The fraction of sp³-hybridized carbons (Fsp3) is 0.900. The topological polar surface area (TPSA) is 76.0 Å². The standard InChI is InChI=1S/C10H18O5/c1-8(11)2-4-10(5-3-9(12)13)14-6-7-15-10/h8,11H,2-7H2,1H3,(H,12,13). The number of carboxylic acid groups (broad SMARTS) is 1. The zero-order chi connectivity index (χ0) is 11.3. The Morgan fingerprint density at radius 2 is 2.00 bits per heavy atom. The molecule has 1 aliphatic heterocycles. The predicted molar refractivity (Wildman–Crippen MR) is 52.4 cm³/mol. The third-order valence-electron chi connectivity index (χ3n) is 2.48. The molecule has 1 saturated heterocycles. The number of carbonyl (C=O) groups is 1. The highest BCUT2D eigenvalue weighted by Crippen LogP contribution is 2.30. The Morgan fingerprint density at radius 3 is 2.47 bits per heavy atom. The van der Waals surface area contributed by atoms with E-state index in [2.05, 4.69) is 0 Å². The quantitative estimate of drug-likeness (QED) is 0.688. The third kappa shape index (κ3) is 4.15. The molecule has 5 heteroatoms. The highest BCUT2D eigenvalue weighted by atomic mass is 16.7. The molecule has 0 aromatic carbocycles. The van der Waals surface area contributed by atoms with Crippen LogP contribution < -0.4 is 0 Å². The van der Waals surface area contributed by atoms with Gasteiger partial charge >= 0.3 is 5.97 Å². The normalized spacial score (nSPS) is 21.5. The number of rotatable bonds is 6. The van der Waals surface area contributed by atoms with Crippen molar-refractivity contribution in [3.05, 3.63) is 0 Å². The van der Waals surface area contributed by atoms with Crippen LogP contribution in [0.4, 0.5) is 0 Å². The van der Waals surface area contributed by atoms with Crippen LogP contribution in [0.5, 0.6) is 0 Å². The average molecular weight is 218 g/mol. The lowest BCUT2D eigenvalue weighted by Crippen LogP contribution is -2.32. The molecule has 1 heterocycles. The summed E-state index contributed by atoms with van der Waals surface area (Å²) >= 11 is 0. The molecule has 88 valence electrons. The molecule has 1 unspecified atom stereocenters. The number of hydrogen-bond donors (Lipinski definition) is 2. The summed E-state index contributed by atoms with van der Waals surface area (Å²) in [6.45, 7) is 2.69. The molecule has 0 amide bonds. The van der Waals surface area contributed by atoms with Crippen LogP contribution in [0.1, 0.15) is 32.6 Å². The average Bonchev–Trinajstić information content (AvgIpc) is 2.61. The largest absolute Gasteiger partial charge is 0.481 e. The number of ether oxygens (including phenoxy) is 2. The molecule has 5 nitrogen and oxygen atoms in total. The van der Waals surface area contributed by atoms with E-state index >= 15 is 0 Å². The minimum atomic E-state index is -0.856. The summed E-state index contributed by atoms with van der Waals surface area (Å²) in [5.41, 5.74) is 0. The second-order valence-electron chi connectivity index (χ2n) is 3.89. The molecule has 0 spiro atoms. The van der Waals surface area contributed by atoms with E-state index in [1.807, 2.05) is 0 Å². The van der Waals surface area contributed by atoms with E-state index in [0.717, 1.165) is 0 Å². The highest BCUT2D eigenvalue weighted by molar-refractivity contribution is 5.66. The van der Waals surface area contributed by atoms with Gasteiger partial charge in [-0.15, -0.1) is 0 Å². The van der Waals surface area contributed by atoms with Crippen LogP contribution in [0.3, 0.4) is 0 Å². The van der Waals surface area contributed by atoms with Crippen molar-refractivity contribution in [3.63, 3.8) is 0 Å². The second-order valence-corrected chi connectivity index (χ2v) is 3.89. The van der Waals surface area contributed by atoms with Gasteiger partial charge in [0.05, 0.1) is 25.7 Å².